The van der Waals surface area contributed by atoms with Crippen LogP contribution in [0.15, 0.2) is 18.2 Å². The first-order chi connectivity index (χ1) is 9.69. The molecular formula is C14H17FN2O3. The van der Waals surface area contributed by atoms with Gasteiger partial charge in [-0.15, -0.1) is 0 Å². The highest BCUT2D eigenvalue weighted by Crippen LogP contribution is 2.21. The zero-order valence-corrected chi connectivity index (χ0v) is 11.0. The number of alkyl carbamates (subject to hydrolysis) is 1. The lowest BCUT2D eigenvalue weighted by atomic mass is 10.2. The zero-order chi connectivity index (χ0) is 13.9. The van der Waals surface area contributed by atoms with Crippen LogP contribution in [-0.2, 0) is 11.3 Å². The maximum absolute atomic E-state index is 13.5. The fourth-order valence-corrected chi connectivity index (χ4v) is 2.07. The molecule has 1 atom stereocenters. The first-order valence-electron chi connectivity index (χ1n) is 6.79. The maximum atomic E-state index is 13.5. The number of carbonyl (C=O) groups excluding carboxylic acids is 1. The zero-order valence-electron chi connectivity index (χ0n) is 11.0. The molecule has 1 saturated heterocycles. The van der Waals surface area contributed by atoms with Crippen LogP contribution in [0.5, 0.6) is 5.75 Å². The summed E-state index contributed by atoms with van der Waals surface area (Å²) in [5.41, 5.74) is 0.855. The molecular weight excluding hydrogens is 263 g/mol. The maximum Gasteiger partial charge on any atom is 0.407 e. The first kappa shape index (κ1) is 13.2. The molecule has 20 heavy (non-hydrogen) atoms. The molecule has 1 saturated carbocycles. The monoisotopic (exact) mass is 280 g/mol. The molecule has 1 aliphatic carbocycles. The second-order valence-electron chi connectivity index (χ2n) is 5.17. The molecule has 2 fully saturated rings. The van der Waals surface area contributed by atoms with Gasteiger partial charge < -0.3 is 20.1 Å². The Kier molecular flexibility index (Phi) is 3.73. The van der Waals surface area contributed by atoms with E-state index in [0.717, 1.165) is 5.56 Å². The first-order valence-corrected chi connectivity index (χ1v) is 6.79. The molecule has 1 aliphatic heterocycles. The van der Waals surface area contributed by atoms with Crippen molar-refractivity contribution < 1.29 is 18.7 Å². The Morgan fingerprint density at radius 2 is 2.25 bits per heavy atom. The van der Waals surface area contributed by atoms with E-state index in [4.69, 9.17) is 9.47 Å². The van der Waals surface area contributed by atoms with Crippen LogP contribution in [-0.4, -0.2) is 31.4 Å². The van der Waals surface area contributed by atoms with Gasteiger partial charge in [0.1, 0.15) is 18.2 Å². The van der Waals surface area contributed by atoms with E-state index in [2.05, 4.69) is 10.6 Å². The Labute approximate surface area is 116 Å². The molecule has 3 rings (SSSR count). The lowest BCUT2D eigenvalue weighted by Crippen LogP contribution is -2.22. The Hall–Kier alpha value is -1.82. The molecule has 1 aromatic carbocycles. The van der Waals surface area contributed by atoms with Gasteiger partial charge in [-0.05, 0) is 30.5 Å². The van der Waals surface area contributed by atoms with Gasteiger partial charge in [-0.2, -0.15) is 0 Å². The molecule has 2 N–H and O–H groups in total. The number of amides is 1. The van der Waals surface area contributed by atoms with Crippen molar-refractivity contribution in [2.75, 3.05) is 13.2 Å². The minimum absolute atomic E-state index is 0.220. The molecule has 1 heterocycles. The molecule has 1 aromatic rings. The van der Waals surface area contributed by atoms with Gasteiger partial charge in [-0.3, -0.25) is 0 Å². The van der Waals surface area contributed by atoms with Gasteiger partial charge >= 0.3 is 6.09 Å². The van der Waals surface area contributed by atoms with Crippen LogP contribution in [0, 0.1) is 5.82 Å². The molecule has 2 aliphatic rings. The number of rotatable bonds is 6. The van der Waals surface area contributed by atoms with Gasteiger partial charge in [0.05, 0.1) is 6.54 Å². The quantitative estimate of drug-likeness (QED) is 0.830. The van der Waals surface area contributed by atoms with E-state index in [9.17, 15) is 9.18 Å². The topological polar surface area (TPSA) is 59.6 Å². The number of hydrogen-bond acceptors (Lipinski definition) is 4. The third kappa shape index (κ3) is 3.60. The molecule has 5 nitrogen and oxygen atoms in total. The van der Waals surface area contributed by atoms with Gasteiger partial charge in [0.2, 0.25) is 0 Å². The Morgan fingerprint density at radius 3 is 2.95 bits per heavy atom. The second kappa shape index (κ2) is 5.66. The molecule has 108 valence electrons. The van der Waals surface area contributed by atoms with Crippen molar-refractivity contribution in [1.82, 2.24) is 10.6 Å². The third-order valence-corrected chi connectivity index (χ3v) is 3.29. The highest BCUT2D eigenvalue weighted by atomic mass is 19.1. The van der Waals surface area contributed by atoms with Crippen molar-refractivity contribution in [3.8, 4) is 5.75 Å². The highest BCUT2D eigenvalue weighted by molar-refractivity contribution is 5.69. The number of cyclic esters (lactones) is 1. The molecule has 1 amide bonds. The summed E-state index contributed by atoms with van der Waals surface area (Å²) >= 11 is 0. The van der Waals surface area contributed by atoms with Crippen LogP contribution in [0.25, 0.3) is 0 Å². The second-order valence-corrected chi connectivity index (χ2v) is 5.17. The van der Waals surface area contributed by atoms with E-state index < -0.39 is 6.09 Å². The van der Waals surface area contributed by atoms with Crippen LogP contribution in [0.4, 0.5) is 9.18 Å². The Balaban J connectivity index is 1.55. The summed E-state index contributed by atoms with van der Waals surface area (Å²) in [5, 5.41) is 5.87. The predicted molar refractivity (Wildman–Crippen MR) is 70.0 cm³/mol. The minimum atomic E-state index is -0.438. The third-order valence-electron chi connectivity index (χ3n) is 3.29. The summed E-state index contributed by atoms with van der Waals surface area (Å²) in [5.74, 6) is 0.136. The van der Waals surface area contributed by atoms with Gasteiger partial charge in [0, 0.05) is 18.7 Å². The average molecular weight is 280 g/mol. The van der Waals surface area contributed by atoms with Crippen molar-refractivity contribution in [1.29, 1.82) is 0 Å². The van der Waals surface area contributed by atoms with E-state index >= 15 is 0 Å². The fraction of sp³-hybridized carbons (Fsp3) is 0.500. The number of hydrogen-bond donors (Lipinski definition) is 2. The van der Waals surface area contributed by atoms with Crippen molar-refractivity contribution in [2.45, 2.75) is 31.5 Å². The van der Waals surface area contributed by atoms with Crippen LogP contribution in [0.1, 0.15) is 18.4 Å². The molecule has 0 radical (unpaired) electrons. The normalized spacial score (nSPS) is 21.4. The van der Waals surface area contributed by atoms with Crippen molar-refractivity contribution in [3.05, 3.63) is 29.6 Å². The van der Waals surface area contributed by atoms with Crippen molar-refractivity contribution in [2.24, 2.45) is 0 Å². The van der Waals surface area contributed by atoms with E-state index in [1.807, 2.05) is 6.07 Å². The van der Waals surface area contributed by atoms with Crippen LogP contribution in [0.3, 0.4) is 0 Å². The highest BCUT2D eigenvalue weighted by Gasteiger charge is 2.23. The van der Waals surface area contributed by atoms with Crippen LogP contribution in [0.2, 0.25) is 0 Å². The summed E-state index contributed by atoms with van der Waals surface area (Å²) in [4.78, 5) is 10.9. The average Bonchev–Trinajstić information content (AvgIpc) is 3.15. The Morgan fingerprint density at radius 1 is 1.40 bits per heavy atom. The number of carbonyl (C=O) groups is 1. The van der Waals surface area contributed by atoms with Crippen molar-refractivity contribution >= 4 is 6.09 Å². The lowest BCUT2D eigenvalue weighted by Gasteiger charge is -2.12. The molecule has 0 spiro atoms. The van der Waals surface area contributed by atoms with Crippen LogP contribution < -0.4 is 15.4 Å². The van der Waals surface area contributed by atoms with Gasteiger partial charge in [-0.25, -0.2) is 9.18 Å². The van der Waals surface area contributed by atoms with Gasteiger partial charge in [-0.1, -0.05) is 0 Å². The minimum Gasteiger partial charge on any atom is -0.490 e. The molecule has 1 unspecified atom stereocenters. The SMILES string of the molecule is O=C1NCC(COc2cc(F)cc(CNC3CC3)c2)O1. The number of ether oxygens (including phenoxy) is 2. The summed E-state index contributed by atoms with van der Waals surface area (Å²) in [6.07, 6.45) is 1.63. The number of benzene rings is 1. The largest absolute Gasteiger partial charge is 0.490 e. The van der Waals surface area contributed by atoms with Gasteiger partial charge in [0.25, 0.3) is 0 Å². The van der Waals surface area contributed by atoms with Crippen molar-refractivity contribution in [3.63, 3.8) is 0 Å². The smallest absolute Gasteiger partial charge is 0.407 e. The van der Waals surface area contributed by atoms with E-state index in [-0.39, 0.29) is 18.5 Å². The van der Waals surface area contributed by atoms with E-state index in [1.165, 1.54) is 25.0 Å². The number of nitrogens with one attached hydrogen (secondary N) is 2. The molecule has 6 heteroatoms. The summed E-state index contributed by atoms with van der Waals surface area (Å²) in [7, 11) is 0. The van der Waals surface area contributed by atoms with Gasteiger partial charge in [0.15, 0.2) is 6.10 Å². The molecule has 0 aromatic heterocycles. The van der Waals surface area contributed by atoms with E-state index in [0.29, 0.717) is 24.9 Å². The number of halogens is 1. The van der Waals surface area contributed by atoms with E-state index in [1.54, 1.807) is 0 Å². The summed E-state index contributed by atoms with van der Waals surface area (Å²) in [6, 6.07) is 5.22. The summed E-state index contributed by atoms with van der Waals surface area (Å²) in [6.45, 7) is 1.28. The standard InChI is InChI=1S/C14H17FN2O3/c15-10-3-9(6-16-11-1-2-11)4-12(5-10)19-8-13-7-17-14(18)20-13/h3-5,11,13,16H,1-2,6-8H2,(H,17,18). The fourth-order valence-electron chi connectivity index (χ4n) is 2.07. The summed E-state index contributed by atoms with van der Waals surface area (Å²) < 4.78 is 24.0. The van der Waals surface area contributed by atoms with Crippen LogP contribution >= 0.6 is 0 Å². The Bertz CT molecular complexity index is 505. The molecule has 0 bridgehead atoms. The predicted octanol–water partition coefficient (Wildman–Crippen LogP) is 1.56. The lowest BCUT2D eigenvalue weighted by molar-refractivity contribution is 0.104.